The molecule has 0 heterocycles. The van der Waals surface area contributed by atoms with E-state index in [9.17, 15) is 4.79 Å². The number of hydrogen-bond acceptors (Lipinski definition) is 5. The Morgan fingerprint density at radius 3 is 2.41 bits per heavy atom. The predicted molar refractivity (Wildman–Crippen MR) is 64.5 cm³/mol. The zero-order valence-corrected chi connectivity index (χ0v) is 10.3. The van der Waals surface area contributed by atoms with Crippen LogP contribution >= 0.6 is 0 Å². The van der Waals surface area contributed by atoms with E-state index in [1.807, 2.05) is 0 Å². The maximum Gasteiger partial charge on any atom is 0.216 e. The first-order chi connectivity index (χ1) is 8.16. The van der Waals surface area contributed by atoms with Crippen LogP contribution in [0.1, 0.15) is 6.92 Å². The van der Waals surface area contributed by atoms with Crippen molar-refractivity contribution in [2.24, 2.45) is 0 Å². The van der Waals surface area contributed by atoms with E-state index in [1.54, 1.807) is 0 Å². The van der Waals surface area contributed by atoms with Gasteiger partial charge in [-0.2, -0.15) is 0 Å². The first-order valence-electron chi connectivity index (χ1n) is 5.60. The minimum atomic E-state index is -0.687. The van der Waals surface area contributed by atoms with Crippen molar-refractivity contribution in [1.82, 2.24) is 10.6 Å². The molecule has 0 spiro atoms. The summed E-state index contributed by atoms with van der Waals surface area (Å²) in [6.07, 6.45) is 0.720. The Labute approximate surface area is 102 Å². The van der Waals surface area contributed by atoms with Gasteiger partial charge in [-0.15, -0.1) is 0 Å². The summed E-state index contributed by atoms with van der Waals surface area (Å²) in [6.45, 7) is 7.93. The molecule has 0 saturated carbocycles. The SMILES string of the molecule is C=CC(O)NCCOCCOCCNC(C)=O. The average molecular weight is 246 g/mol. The summed E-state index contributed by atoms with van der Waals surface area (Å²) < 4.78 is 10.4. The van der Waals surface area contributed by atoms with Gasteiger partial charge in [-0.25, -0.2) is 0 Å². The zero-order valence-electron chi connectivity index (χ0n) is 10.3. The van der Waals surface area contributed by atoms with Gasteiger partial charge in [0.2, 0.25) is 5.91 Å². The summed E-state index contributed by atoms with van der Waals surface area (Å²) in [7, 11) is 0. The van der Waals surface area contributed by atoms with Crippen molar-refractivity contribution < 1.29 is 19.4 Å². The number of carbonyl (C=O) groups is 1. The van der Waals surface area contributed by atoms with Crippen LogP contribution in [0, 0.1) is 0 Å². The van der Waals surface area contributed by atoms with Gasteiger partial charge in [0.1, 0.15) is 6.23 Å². The highest BCUT2D eigenvalue weighted by atomic mass is 16.5. The Morgan fingerprint density at radius 1 is 1.29 bits per heavy atom. The Balaban J connectivity index is 3.03. The highest BCUT2D eigenvalue weighted by Gasteiger charge is 1.95. The smallest absolute Gasteiger partial charge is 0.216 e. The highest BCUT2D eigenvalue weighted by molar-refractivity contribution is 5.72. The fourth-order valence-electron chi connectivity index (χ4n) is 0.984. The van der Waals surface area contributed by atoms with E-state index < -0.39 is 6.23 Å². The second kappa shape index (κ2) is 11.5. The molecule has 1 atom stereocenters. The Bertz CT molecular complexity index is 212. The molecule has 1 unspecified atom stereocenters. The summed E-state index contributed by atoms with van der Waals surface area (Å²) in [5.41, 5.74) is 0. The molecule has 0 aliphatic heterocycles. The second-order valence-corrected chi connectivity index (χ2v) is 3.34. The van der Waals surface area contributed by atoms with Gasteiger partial charge in [0.25, 0.3) is 0 Å². The molecule has 0 aliphatic rings. The van der Waals surface area contributed by atoms with Gasteiger partial charge in [0.15, 0.2) is 0 Å². The molecule has 0 aromatic heterocycles. The van der Waals surface area contributed by atoms with E-state index in [4.69, 9.17) is 14.6 Å². The van der Waals surface area contributed by atoms with E-state index in [0.29, 0.717) is 39.5 Å². The number of ether oxygens (including phenoxy) is 2. The molecule has 0 saturated heterocycles. The summed E-state index contributed by atoms with van der Waals surface area (Å²) in [6, 6.07) is 0. The van der Waals surface area contributed by atoms with Crippen molar-refractivity contribution in [2.75, 3.05) is 39.5 Å². The predicted octanol–water partition coefficient (Wildman–Crippen LogP) is -0.750. The van der Waals surface area contributed by atoms with Crippen LogP contribution in [-0.2, 0) is 14.3 Å². The lowest BCUT2D eigenvalue weighted by Crippen LogP contribution is -2.30. The number of rotatable bonds is 11. The van der Waals surface area contributed by atoms with Crippen molar-refractivity contribution in [3.05, 3.63) is 12.7 Å². The fourth-order valence-corrected chi connectivity index (χ4v) is 0.984. The Morgan fingerprint density at radius 2 is 1.88 bits per heavy atom. The van der Waals surface area contributed by atoms with E-state index in [-0.39, 0.29) is 5.91 Å². The third-order valence-corrected chi connectivity index (χ3v) is 1.82. The lowest BCUT2D eigenvalue weighted by atomic mass is 10.5. The first-order valence-corrected chi connectivity index (χ1v) is 5.60. The maximum absolute atomic E-state index is 10.5. The van der Waals surface area contributed by atoms with Crippen LogP contribution in [0.4, 0.5) is 0 Å². The zero-order chi connectivity index (χ0) is 12.9. The van der Waals surface area contributed by atoms with Crippen LogP contribution in [-0.4, -0.2) is 56.8 Å². The molecule has 3 N–H and O–H groups in total. The van der Waals surface area contributed by atoms with Gasteiger partial charge in [0.05, 0.1) is 26.4 Å². The van der Waals surface area contributed by atoms with Crippen molar-refractivity contribution in [3.63, 3.8) is 0 Å². The number of hydrogen-bond donors (Lipinski definition) is 3. The monoisotopic (exact) mass is 246 g/mol. The molecule has 17 heavy (non-hydrogen) atoms. The molecule has 1 amide bonds. The maximum atomic E-state index is 10.5. The second-order valence-electron chi connectivity index (χ2n) is 3.34. The molecular formula is C11H22N2O4. The fraction of sp³-hybridized carbons (Fsp3) is 0.727. The lowest BCUT2D eigenvalue weighted by Gasteiger charge is -2.09. The molecule has 6 nitrogen and oxygen atoms in total. The Kier molecular flexibility index (Phi) is 10.9. The van der Waals surface area contributed by atoms with Crippen LogP contribution in [0.15, 0.2) is 12.7 Å². The number of aliphatic hydroxyl groups is 1. The van der Waals surface area contributed by atoms with Crippen LogP contribution in [0.2, 0.25) is 0 Å². The van der Waals surface area contributed by atoms with Crippen LogP contribution in [0.3, 0.4) is 0 Å². The third kappa shape index (κ3) is 13.0. The molecule has 0 bridgehead atoms. The molecule has 6 heteroatoms. The van der Waals surface area contributed by atoms with Crippen LogP contribution in [0.5, 0.6) is 0 Å². The number of nitrogens with one attached hydrogen (secondary N) is 2. The lowest BCUT2D eigenvalue weighted by molar-refractivity contribution is -0.119. The van der Waals surface area contributed by atoms with Crippen molar-refractivity contribution >= 4 is 5.91 Å². The van der Waals surface area contributed by atoms with Gasteiger partial charge in [0, 0.05) is 20.0 Å². The molecule has 0 aliphatic carbocycles. The molecule has 0 fully saturated rings. The summed E-state index contributed by atoms with van der Waals surface area (Å²) in [5.74, 6) is -0.0586. The summed E-state index contributed by atoms with van der Waals surface area (Å²) >= 11 is 0. The van der Waals surface area contributed by atoms with Crippen molar-refractivity contribution in [2.45, 2.75) is 13.2 Å². The van der Waals surface area contributed by atoms with Crippen molar-refractivity contribution in [3.8, 4) is 0 Å². The van der Waals surface area contributed by atoms with Crippen LogP contribution in [0.25, 0.3) is 0 Å². The molecule has 0 aromatic carbocycles. The van der Waals surface area contributed by atoms with E-state index in [1.165, 1.54) is 13.0 Å². The van der Waals surface area contributed by atoms with Crippen LogP contribution < -0.4 is 10.6 Å². The van der Waals surface area contributed by atoms with Gasteiger partial charge in [-0.3, -0.25) is 10.1 Å². The van der Waals surface area contributed by atoms with Gasteiger partial charge >= 0.3 is 0 Å². The minimum absolute atomic E-state index is 0.0586. The standard InChI is InChI=1S/C11H22N2O4/c1-3-11(15)13-5-7-17-9-8-16-6-4-12-10(2)14/h3,11,13,15H,1,4-9H2,2H3,(H,12,14). The molecule has 0 radical (unpaired) electrons. The largest absolute Gasteiger partial charge is 0.378 e. The third-order valence-electron chi connectivity index (χ3n) is 1.82. The molecule has 0 rings (SSSR count). The van der Waals surface area contributed by atoms with E-state index in [2.05, 4.69) is 17.2 Å². The van der Waals surface area contributed by atoms with Gasteiger partial charge < -0.3 is 19.9 Å². The van der Waals surface area contributed by atoms with Crippen molar-refractivity contribution in [1.29, 1.82) is 0 Å². The molecular weight excluding hydrogens is 224 g/mol. The first kappa shape index (κ1) is 16.1. The summed E-state index contributed by atoms with van der Waals surface area (Å²) in [5, 5.41) is 14.5. The van der Waals surface area contributed by atoms with Gasteiger partial charge in [-0.1, -0.05) is 6.58 Å². The summed E-state index contributed by atoms with van der Waals surface area (Å²) in [4.78, 5) is 10.5. The normalized spacial score (nSPS) is 12.1. The number of carbonyl (C=O) groups excluding carboxylic acids is 1. The number of aliphatic hydroxyl groups excluding tert-OH is 1. The molecule has 0 aromatic rings. The Hall–Kier alpha value is -0.950. The highest BCUT2D eigenvalue weighted by Crippen LogP contribution is 1.80. The van der Waals surface area contributed by atoms with E-state index in [0.717, 1.165) is 0 Å². The number of amides is 1. The topological polar surface area (TPSA) is 79.8 Å². The van der Waals surface area contributed by atoms with E-state index >= 15 is 0 Å². The van der Waals surface area contributed by atoms with Gasteiger partial charge in [-0.05, 0) is 6.08 Å². The quantitative estimate of drug-likeness (QED) is 0.254. The average Bonchev–Trinajstić information content (AvgIpc) is 2.30. The molecule has 100 valence electrons. The minimum Gasteiger partial charge on any atom is -0.378 e.